The molecule has 0 atom stereocenters. The van der Waals surface area contributed by atoms with Crippen LogP contribution in [0.1, 0.15) is 64.0 Å². The summed E-state index contributed by atoms with van der Waals surface area (Å²) in [5.74, 6) is -0.131. The fraction of sp³-hybridized carbons (Fsp3) is 0.462. The number of hydrogen-bond acceptors (Lipinski definition) is 4. The van der Waals surface area contributed by atoms with Gasteiger partial charge in [-0.25, -0.2) is 8.42 Å². The molecule has 0 unspecified atom stereocenters. The second-order valence-electron chi connectivity index (χ2n) is 9.98. The maximum Gasteiger partial charge on any atom is 0.244 e. The van der Waals surface area contributed by atoms with Crippen LogP contribution in [0.15, 0.2) is 47.4 Å². The Balaban J connectivity index is 1.56. The van der Waals surface area contributed by atoms with Crippen molar-refractivity contribution in [2.45, 2.75) is 63.2 Å². The summed E-state index contributed by atoms with van der Waals surface area (Å²) < 4.78 is 27.9. The third kappa shape index (κ3) is 4.49. The zero-order chi connectivity index (χ0) is 24.7. The fourth-order valence-corrected chi connectivity index (χ4v) is 6.22. The molecule has 1 saturated heterocycles. The normalized spacial score (nSPS) is 18.3. The first-order chi connectivity index (χ1) is 16.0. The first-order valence-corrected chi connectivity index (χ1v) is 13.3. The number of carbonyl (C=O) groups is 2. The summed E-state index contributed by atoms with van der Waals surface area (Å²) in [6.07, 6.45) is 2.76. The minimum absolute atomic E-state index is 0.139. The van der Waals surface area contributed by atoms with Crippen molar-refractivity contribution in [2.24, 2.45) is 0 Å². The summed E-state index contributed by atoms with van der Waals surface area (Å²) in [7, 11) is -3.62. The first kappa shape index (κ1) is 24.4. The Labute approximate surface area is 202 Å². The summed E-state index contributed by atoms with van der Waals surface area (Å²) in [6.45, 7) is 8.66. The predicted octanol–water partition coefficient (Wildman–Crippen LogP) is 4.25. The molecule has 34 heavy (non-hydrogen) atoms. The van der Waals surface area contributed by atoms with Gasteiger partial charge >= 0.3 is 0 Å². The van der Waals surface area contributed by atoms with E-state index in [1.807, 2.05) is 24.3 Å². The highest BCUT2D eigenvalue weighted by Gasteiger charge is 2.45. The molecule has 0 aliphatic carbocycles. The highest BCUT2D eigenvalue weighted by atomic mass is 32.2. The highest BCUT2D eigenvalue weighted by molar-refractivity contribution is 7.89. The number of nitrogens with zero attached hydrogens (tertiary/aromatic N) is 2. The number of nitrogens with one attached hydrogen (secondary N) is 1. The summed E-state index contributed by atoms with van der Waals surface area (Å²) >= 11 is 0. The van der Waals surface area contributed by atoms with Crippen molar-refractivity contribution in [3.63, 3.8) is 0 Å². The van der Waals surface area contributed by atoms with Crippen molar-refractivity contribution in [2.75, 3.05) is 29.9 Å². The summed E-state index contributed by atoms with van der Waals surface area (Å²) in [6, 6.07) is 12.5. The van der Waals surface area contributed by atoms with Crippen LogP contribution in [0.5, 0.6) is 0 Å². The standard InChI is InChI=1S/C26H33N3O4S/c1-18(2)19-8-10-20(11-9-19)27-24(30)17-29-23-13-12-21(16-22(23)26(3,4)25(29)31)34(32,33)28-14-6-5-7-15-28/h8-13,16,18H,5-7,14-15,17H2,1-4H3,(H,27,30). The van der Waals surface area contributed by atoms with Crippen LogP contribution in [0.2, 0.25) is 0 Å². The number of carbonyl (C=O) groups excluding carboxylic acids is 2. The molecule has 0 saturated carbocycles. The average molecular weight is 484 g/mol. The number of amides is 2. The van der Waals surface area contributed by atoms with Gasteiger partial charge in [-0.05, 0) is 74.1 Å². The lowest BCUT2D eigenvalue weighted by Gasteiger charge is -2.26. The fourth-order valence-electron chi connectivity index (χ4n) is 4.68. The van der Waals surface area contributed by atoms with E-state index in [2.05, 4.69) is 19.2 Å². The van der Waals surface area contributed by atoms with Crippen LogP contribution in [0.4, 0.5) is 11.4 Å². The van der Waals surface area contributed by atoms with E-state index >= 15 is 0 Å². The molecule has 2 aliphatic heterocycles. The number of fused-ring (bicyclic) bond motifs is 1. The van der Waals surface area contributed by atoms with Crippen molar-refractivity contribution < 1.29 is 18.0 Å². The van der Waals surface area contributed by atoms with Crippen LogP contribution < -0.4 is 10.2 Å². The molecule has 1 fully saturated rings. The van der Waals surface area contributed by atoms with Crippen LogP contribution in [-0.2, 0) is 25.0 Å². The zero-order valence-electron chi connectivity index (χ0n) is 20.3. The second-order valence-corrected chi connectivity index (χ2v) is 11.9. The van der Waals surface area contributed by atoms with E-state index in [1.165, 1.54) is 14.8 Å². The summed E-state index contributed by atoms with van der Waals surface area (Å²) in [5, 5.41) is 2.86. The number of hydrogen-bond donors (Lipinski definition) is 1. The number of rotatable bonds is 6. The molecule has 0 bridgehead atoms. The minimum Gasteiger partial charge on any atom is -0.325 e. The first-order valence-electron chi connectivity index (χ1n) is 11.9. The lowest BCUT2D eigenvalue weighted by molar-refractivity contribution is -0.124. The Kier molecular flexibility index (Phi) is 6.57. The predicted molar refractivity (Wildman–Crippen MR) is 134 cm³/mol. The van der Waals surface area contributed by atoms with Gasteiger partial charge in [0.05, 0.1) is 10.3 Å². The molecular formula is C26H33N3O4S. The molecule has 1 N–H and O–H groups in total. The summed E-state index contributed by atoms with van der Waals surface area (Å²) in [4.78, 5) is 27.7. The van der Waals surface area contributed by atoms with Gasteiger partial charge in [0.1, 0.15) is 6.54 Å². The largest absolute Gasteiger partial charge is 0.325 e. The molecule has 2 aliphatic rings. The van der Waals surface area contributed by atoms with E-state index in [9.17, 15) is 18.0 Å². The molecule has 182 valence electrons. The van der Waals surface area contributed by atoms with Crippen LogP contribution in [0.3, 0.4) is 0 Å². The molecule has 2 amide bonds. The maximum atomic E-state index is 13.2. The summed E-state index contributed by atoms with van der Waals surface area (Å²) in [5.41, 5.74) is 2.13. The van der Waals surface area contributed by atoms with Crippen molar-refractivity contribution in [3.8, 4) is 0 Å². The molecule has 2 aromatic rings. The van der Waals surface area contributed by atoms with Gasteiger partial charge < -0.3 is 10.2 Å². The van der Waals surface area contributed by atoms with Crippen LogP contribution in [0, 0.1) is 0 Å². The van der Waals surface area contributed by atoms with Gasteiger partial charge in [0, 0.05) is 24.5 Å². The van der Waals surface area contributed by atoms with E-state index < -0.39 is 15.4 Å². The van der Waals surface area contributed by atoms with E-state index in [4.69, 9.17) is 0 Å². The quantitative estimate of drug-likeness (QED) is 0.666. The van der Waals surface area contributed by atoms with Crippen LogP contribution in [-0.4, -0.2) is 44.2 Å². The van der Waals surface area contributed by atoms with Gasteiger partial charge in [-0.3, -0.25) is 9.59 Å². The van der Waals surface area contributed by atoms with Crippen LogP contribution in [0.25, 0.3) is 0 Å². The van der Waals surface area contributed by atoms with E-state index in [1.54, 1.807) is 32.0 Å². The van der Waals surface area contributed by atoms with Crippen molar-refractivity contribution in [1.82, 2.24) is 4.31 Å². The van der Waals surface area contributed by atoms with Gasteiger partial charge in [-0.1, -0.05) is 32.4 Å². The van der Waals surface area contributed by atoms with E-state index in [0.717, 1.165) is 19.3 Å². The Morgan fingerprint density at radius 2 is 1.68 bits per heavy atom. The van der Waals surface area contributed by atoms with Gasteiger partial charge in [0.2, 0.25) is 21.8 Å². The smallest absolute Gasteiger partial charge is 0.244 e. The number of piperidine rings is 1. The lowest BCUT2D eigenvalue weighted by Crippen LogP contribution is -2.40. The van der Waals surface area contributed by atoms with Crippen molar-refractivity contribution in [3.05, 3.63) is 53.6 Å². The molecule has 4 rings (SSSR count). The Morgan fingerprint density at radius 1 is 1.03 bits per heavy atom. The average Bonchev–Trinajstić information content (AvgIpc) is 3.00. The molecule has 0 radical (unpaired) electrons. The van der Waals surface area contributed by atoms with Gasteiger partial charge in [-0.15, -0.1) is 0 Å². The Hall–Kier alpha value is -2.71. The minimum atomic E-state index is -3.62. The third-order valence-corrected chi connectivity index (χ3v) is 8.72. The Morgan fingerprint density at radius 3 is 2.29 bits per heavy atom. The zero-order valence-corrected chi connectivity index (χ0v) is 21.1. The van der Waals surface area contributed by atoms with Gasteiger partial charge in [-0.2, -0.15) is 4.31 Å². The van der Waals surface area contributed by atoms with Crippen molar-refractivity contribution in [1.29, 1.82) is 0 Å². The topological polar surface area (TPSA) is 86.8 Å². The molecule has 0 aromatic heterocycles. The third-order valence-electron chi connectivity index (χ3n) is 6.83. The maximum absolute atomic E-state index is 13.2. The van der Waals surface area contributed by atoms with E-state index in [-0.39, 0.29) is 23.3 Å². The van der Waals surface area contributed by atoms with Gasteiger partial charge in [0.15, 0.2) is 0 Å². The molecule has 0 spiro atoms. The molecule has 7 nitrogen and oxygen atoms in total. The second kappa shape index (κ2) is 9.15. The monoisotopic (exact) mass is 483 g/mol. The molecular weight excluding hydrogens is 450 g/mol. The molecule has 2 heterocycles. The van der Waals surface area contributed by atoms with Crippen molar-refractivity contribution >= 4 is 33.2 Å². The number of anilines is 2. The van der Waals surface area contributed by atoms with Gasteiger partial charge in [0.25, 0.3) is 0 Å². The highest BCUT2D eigenvalue weighted by Crippen LogP contribution is 2.43. The molecule has 8 heteroatoms. The number of sulfonamides is 1. The Bertz CT molecular complexity index is 1200. The lowest BCUT2D eigenvalue weighted by atomic mass is 9.86. The SMILES string of the molecule is CC(C)c1ccc(NC(=O)CN2C(=O)C(C)(C)c3cc(S(=O)(=O)N4CCCCC4)ccc32)cc1. The van der Waals surface area contributed by atoms with E-state index in [0.29, 0.717) is 35.9 Å². The molecule has 2 aromatic carbocycles. The number of benzene rings is 2. The van der Waals surface area contributed by atoms with Crippen LogP contribution >= 0.6 is 0 Å².